The van der Waals surface area contributed by atoms with Gasteiger partial charge in [-0.1, -0.05) is 6.92 Å². The lowest BCUT2D eigenvalue weighted by Gasteiger charge is -2.11. The first-order valence-corrected chi connectivity index (χ1v) is 3.64. The molecule has 0 unspecified atom stereocenters. The van der Waals surface area contributed by atoms with Crippen molar-refractivity contribution in [2.75, 3.05) is 0 Å². The Labute approximate surface area is 65.5 Å². The Morgan fingerprint density at radius 1 is 1.36 bits per heavy atom. The summed E-state index contributed by atoms with van der Waals surface area (Å²) in [6, 6.07) is 0. The van der Waals surface area contributed by atoms with Crippen LogP contribution in [0.3, 0.4) is 0 Å². The average molecular weight is 162 g/mol. The Kier molecular flexibility index (Phi) is 4.81. The van der Waals surface area contributed by atoms with Crippen LogP contribution in [-0.2, 0) is 4.79 Å². The molecule has 0 bridgehead atoms. The van der Waals surface area contributed by atoms with Crippen molar-refractivity contribution in [3.63, 3.8) is 0 Å². The maximum absolute atomic E-state index is 10.0. The maximum atomic E-state index is 10.0. The summed E-state index contributed by atoms with van der Waals surface area (Å²) in [5.74, 6) is -1.04. The number of carboxylic acid groups (broad SMARTS) is 1. The molecule has 0 aromatic rings. The molecule has 0 aromatic heterocycles. The molecule has 0 aliphatic carbocycles. The highest BCUT2D eigenvalue weighted by Gasteiger charge is 2.13. The van der Waals surface area contributed by atoms with E-state index in [1.807, 2.05) is 0 Å². The smallest absolute Gasteiger partial charge is 0.305 e. The number of aliphatic hydroxyl groups excluding tert-OH is 2. The molecule has 0 spiro atoms. The van der Waals surface area contributed by atoms with E-state index in [9.17, 15) is 4.79 Å². The van der Waals surface area contributed by atoms with Gasteiger partial charge in [0.15, 0.2) is 0 Å². The van der Waals surface area contributed by atoms with Crippen molar-refractivity contribution in [2.45, 2.75) is 38.4 Å². The second-order valence-corrected chi connectivity index (χ2v) is 2.55. The van der Waals surface area contributed by atoms with E-state index in [2.05, 4.69) is 0 Å². The quantitative estimate of drug-likeness (QED) is 0.531. The predicted molar refractivity (Wildman–Crippen MR) is 39.2 cm³/mol. The van der Waals surface area contributed by atoms with Crippen molar-refractivity contribution >= 4 is 5.97 Å². The van der Waals surface area contributed by atoms with Crippen LogP contribution >= 0.6 is 0 Å². The zero-order chi connectivity index (χ0) is 8.85. The molecule has 0 radical (unpaired) electrons. The minimum absolute atomic E-state index is 0.142. The van der Waals surface area contributed by atoms with Crippen molar-refractivity contribution in [1.82, 2.24) is 0 Å². The molecule has 0 aliphatic rings. The summed E-state index contributed by atoms with van der Waals surface area (Å²) in [6.45, 7) is 1.78. The molecule has 0 amide bonds. The Morgan fingerprint density at radius 3 is 2.27 bits per heavy atom. The molecular formula is C7H14O4. The number of carbonyl (C=O) groups is 1. The maximum Gasteiger partial charge on any atom is 0.305 e. The van der Waals surface area contributed by atoms with Gasteiger partial charge in [0.25, 0.3) is 0 Å². The van der Waals surface area contributed by atoms with Gasteiger partial charge in [-0.25, -0.2) is 0 Å². The van der Waals surface area contributed by atoms with Gasteiger partial charge in [-0.3, -0.25) is 4.79 Å². The van der Waals surface area contributed by atoms with Crippen LogP contribution in [0.25, 0.3) is 0 Å². The van der Waals surface area contributed by atoms with Gasteiger partial charge in [-0.05, 0) is 12.8 Å². The molecule has 11 heavy (non-hydrogen) atoms. The molecule has 0 aromatic carbocycles. The Hall–Kier alpha value is -0.610. The van der Waals surface area contributed by atoms with Crippen LogP contribution in [0.4, 0.5) is 0 Å². The fourth-order valence-electron chi connectivity index (χ4n) is 0.766. The van der Waals surface area contributed by atoms with E-state index in [0.29, 0.717) is 6.42 Å². The molecule has 3 N–H and O–H groups in total. The highest BCUT2D eigenvalue weighted by atomic mass is 16.4. The molecule has 4 heteroatoms. The number of aliphatic carboxylic acids is 1. The van der Waals surface area contributed by atoms with Crippen molar-refractivity contribution in [3.05, 3.63) is 0 Å². The molecule has 0 aliphatic heterocycles. The monoisotopic (exact) mass is 162 g/mol. The fraction of sp³-hybridized carbons (Fsp3) is 0.857. The number of hydrogen-bond acceptors (Lipinski definition) is 3. The highest BCUT2D eigenvalue weighted by molar-refractivity contribution is 5.67. The first-order chi connectivity index (χ1) is 5.06. The summed E-state index contributed by atoms with van der Waals surface area (Å²) in [5.41, 5.74) is 0. The summed E-state index contributed by atoms with van der Waals surface area (Å²) in [5, 5.41) is 26.2. The summed E-state index contributed by atoms with van der Waals surface area (Å²) in [4.78, 5) is 10.0. The zero-order valence-electron chi connectivity index (χ0n) is 6.53. The van der Waals surface area contributed by atoms with Crippen molar-refractivity contribution in [3.8, 4) is 0 Å². The topological polar surface area (TPSA) is 77.8 Å². The third kappa shape index (κ3) is 5.82. The zero-order valence-corrected chi connectivity index (χ0v) is 6.53. The average Bonchev–Trinajstić information content (AvgIpc) is 1.85. The van der Waals surface area contributed by atoms with Crippen molar-refractivity contribution in [2.24, 2.45) is 0 Å². The van der Waals surface area contributed by atoms with Crippen molar-refractivity contribution < 1.29 is 20.1 Å². The lowest BCUT2D eigenvalue weighted by Crippen LogP contribution is -2.19. The Balaban J connectivity index is 3.51. The molecule has 66 valence electrons. The van der Waals surface area contributed by atoms with E-state index in [0.717, 1.165) is 0 Å². The van der Waals surface area contributed by atoms with Crippen molar-refractivity contribution in [1.29, 1.82) is 0 Å². The van der Waals surface area contributed by atoms with E-state index >= 15 is 0 Å². The highest BCUT2D eigenvalue weighted by Crippen LogP contribution is 2.04. The van der Waals surface area contributed by atoms with Gasteiger partial charge in [0.1, 0.15) is 0 Å². The molecule has 4 nitrogen and oxygen atoms in total. The Morgan fingerprint density at radius 2 is 1.91 bits per heavy atom. The third-order valence-electron chi connectivity index (χ3n) is 1.43. The van der Waals surface area contributed by atoms with Crippen LogP contribution in [0.5, 0.6) is 0 Å². The summed E-state index contributed by atoms with van der Waals surface area (Å²) in [6.07, 6.45) is -1.14. The molecule has 0 saturated carbocycles. The van der Waals surface area contributed by atoms with E-state index in [1.165, 1.54) is 0 Å². The van der Waals surface area contributed by atoms with E-state index in [1.54, 1.807) is 6.92 Å². The number of rotatable bonds is 5. The van der Waals surface area contributed by atoms with Crippen LogP contribution in [-0.4, -0.2) is 33.5 Å². The first-order valence-electron chi connectivity index (χ1n) is 3.64. The molecule has 0 rings (SSSR count). The molecule has 0 saturated heterocycles. The van der Waals surface area contributed by atoms with Crippen LogP contribution in [0, 0.1) is 0 Å². The van der Waals surface area contributed by atoms with Crippen LogP contribution in [0.2, 0.25) is 0 Å². The van der Waals surface area contributed by atoms with Gasteiger partial charge < -0.3 is 15.3 Å². The predicted octanol–water partition coefficient (Wildman–Crippen LogP) is -0.0170. The molecule has 2 atom stereocenters. The Bertz CT molecular complexity index is 124. The molecule has 0 heterocycles. The first kappa shape index (κ1) is 10.4. The lowest BCUT2D eigenvalue weighted by molar-refractivity contribution is -0.139. The van der Waals surface area contributed by atoms with E-state index in [-0.39, 0.29) is 12.8 Å². The van der Waals surface area contributed by atoms with E-state index in [4.69, 9.17) is 15.3 Å². The minimum Gasteiger partial charge on any atom is -0.481 e. The second-order valence-electron chi connectivity index (χ2n) is 2.55. The normalized spacial score (nSPS) is 15.9. The van der Waals surface area contributed by atoms with Crippen LogP contribution in [0.1, 0.15) is 26.2 Å². The molecular weight excluding hydrogens is 148 g/mol. The van der Waals surface area contributed by atoms with Gasteiger partial charge in [0.2, 0.25) is 0 Å². The van der Waals surface area contributed by atoms with Gasteiger partial charge in [-0.15, -0.1) is 0 Å². The summed E-state index contributed by atoms with van der Waals surface area (Å²) < 4.78 is 0. The summed E-state index contributed by atoms with van der Waals surface area (Å²) >= 11 is 0. The van der Waals surface area contributed by atoms with Crippen LogP contribution in [0.15, 0.2) is 0 Å². The van der Waals surface area contributed by atoms with Crippen LogP contribution < -0.4 is 0 Å². The number of hydrogen-bond donors (Lipinski definition) is 3. The third-order valence-corrected chi connectivity index (χ3v) is 1.43. The largest absolute Gasteiger partial charge is 0.481 e. The lowest BCUT2D eigenvalue weighted by atomic mass is 10.1. The van der Waals surface area contributed by atoms with Gasteiger partial charge >= 0.3 is 5.97 Å². The minimum atomic E-state index is -1.04. The fourth-order valence-corrected chi connectivity index (χ4v) is 0.766. The van der Waals surface area contributed by atoms with E-state index < -0.39 is 18.2 Å². The number of aliphatic hydroxyl groups is 2. The second kappa shape index (κ2) is 5.09. The van der Waals surface area contributed by atoms with Gasteiger partial charge in [0, 0.05) is 0 Å². The number of carboxylic acids is 1. The molecule has 0 fully saturated rings. The summed E-state index contributed by atoms with van der Waals surface area (Å²) in [7, 11) is 0. The standard InChI is InChI=1S/C7H14O4/c1-2-5(8)3-6(9)4-7(10)11/h5-6,8-9H,2-4H2,1H3,(H,10,11)/t5-,6+/m0/s1. The SMILES string of the molecule is CC[C@H](O)C[C@@H](O)CC(=O)O. The van der Waals surface area contributed by atoms with Gasteiger partial charge in [0.05, 0.1) is 18.6 Å². The van der Waals surface area contributed by atoms with Gasteiger partial charge in [-0.2, -0.15) is 0 Å².